The van der Waals surface area contributed by atoms with E-state index >= 15 is 0 Å². The largest absolute Gasteiger partial charge is 0.409 e. The Labute approximate surface area is 105 Å². The van der Waals surface area contributed by atoms with Crippen molar-refractivity contribution in [2.45, 2.75) is 18.8 Å². The highest BCUT2D eigenvalue weighted by Gasteiger charge is 2.26. The van der Waals surface area contributed by atoms with Crippen molar-refractivity contribution in [1.82, 2.24) is 9.78 Å². The maximum Gasteiger partial charge on any atom is 0.172 e. The standard InChI is InChI=1S/C13H14N4O/c14-13(16-18)10-3-1-2-4-12(10)17-8-7-11(15-17)9-5-6-9/h1-4,7-9,18H,5-6H2,(H2,14,16). The first-order valence-electron chi connectivity index (χ1n) is 5.92. The molecular weight excluding hydrogens is 228 g/mol. The van der Waals surface area contributed by atoms with E-state index in [1.165, 1.54) is 12.8 Å². The number of para-hydroxylation sites is 1. The molecule has 5 nitrogen and oxygen atoms in total. The summed E-state index contributed by atoms with van der Waals surface area (Å²) in [7, 11) is 0. The van der Waals surface area contributed by atoms with Crippen molar-refractivity contribution in [2.75, 3.05) is 0 Å². The molecule has 1 saturated carbocycles. The molecule has 18 heavy (non-hydrogen) atoms. The summed E-state index contributed by atoms with van der Waals surface area (Å²) in [6.07, 6.45) is 4.36. The van der Waals surface area contributed by atoms with Gasteiger partial charge in [-0.15, -0.1) is 0 Å². The Kier molecular flexibility index (Phi) is 2.51. The van der Waals surface area contributed by atoms with Gasteiger partial charge in [0.05, 0.1) is 11.4 Å². The Morgan fingerprint density at radius 2 is 2.11 bits per heavy atom. The third kappa shape index (κ3) is 1.84. The molecule has 1 aliphatic carbocycles. The van der Waals surface area contributed by atoms with Crippen LogP contribution >= 0.6 is 0 Å². The highest BCUT2D eigenvalue weighted by Crippen LogP contribution is 2.39. The Morgan fingerprint density at radius 1 is 1.33 bits per heavy atom. The van der Waals surface area contributed by atoms with Crippen LogP contribution in [0.2, 0.25) is 0 Å². The topological polar surface area (TPSA) is 76.4 Å². The van der Waals surface area contributed by atoms with E-state index in [2.05, 4.69) is 10.3 Å². The number of nitrogens with zero attached hydrogens (tertiary/aromatic N) is 3. The van der Waals surface area contributed by atoms with Gasteiger partial charge in [-0.1, -0.05) is 17.3 Å². The van der Waals surface area contributed by atoms with Crippen LogP contribution in [0, 0.1) is 0 Å². The van der Waals surface area contributed by atoms with Crippen molar-refractivity contribution in [2.24, 2.45) is 10.9 Å². The SMILES string of the molecule is NC(=NO)c1ccccc1-n1ccc(C2CC2)n1. The van der Waals surface area contributed by atoms with Crippen LogP contribution in [0.15, 0.2) is 41.7 Å². The predicted octanol–water partition coefficient (Wildman–Crippen LogP) is 1.84. The van der Waals surface area contributed by atoms with Crippen molar-refractivity contribution in [1.29, 1.82) is 0 Å². The zero-order valence-corrected chi connectivity index (χ0v) is 9.82. The normalized spacial score (nSPS) is 15.9. The van der Waals surface area contributed by atoms with Crippen molar-refractivity contribution in [3.63, 3.8) is 0 Å². The van der Waals surface area contributed by atoms with E-state index in [1.807, 2.05) is 36.5 Å². The second kappa shape index (κ2) is 4.18. The van der Waals surface area contributed by atoms with Gasteiger partial charge in [-0.2, -0.15) is 5.10 Å². The molecule has 1 aromatic heterocycles. The van der Waals surface area contributed by atoms with Crippen LogP contribution in [0.25, 0.3) is 5.69 Å². The highest BCUT2D eigenvalue weighted by molar-refractivity contribution is 6.00. The zero-order chi connectivity index (χ0) is 12.5. The molecule has 1 fully saturated rings. The lowest BCUT2D eigenvalue weighted by molar-refractivity contribution is 0.318. The molecule has 1 aliphatic rings. The highest BCUT2D eigenvalue weighted by atomic mass is 16.4. The van der Waals surface area contributed by atoms with Crippen LogP contribution in [0.5, 0.6) is 0 Å². The lowest BCUT2D eigenvalue weighted by Gasteiger charge is -2.07. The summed E-state index contributed by atoms with van der Waals surface area (Å²) in [5, 5.41) is 16.4. The summed E-state index contributed by atoms with van der Waals surface area (Å²) in [4.78, 5) is 0. The van der Waals surface area contributed by atoms with E-state index in [4.69, 9.17) is 10.9 Å². The maximum absolute atomic E-state index is 8.80. The maximum atomic E-state index is 8.80. The molecular formula is C13H14N4O. The van der Waals surface area contributed by atoms with Gasteiger partial charge in [0.1, 0.15) is 0 Å². The molecule has 3 rings (SSSR count). The average Bonchev–Trinajstić information content (AvgIpc) is 3.16. The van der Waals surface area contributed by atoms with Crippen LogP contribution < -0.4 is 5.73 Å². The molecule has 0 aliphatic heterocycles. The summed E-state index contributed by atoms with van der Waals surface area (Å²) in [5.41, 5.74) is 8.28. The Bertz CT molecular complexity index is 599. The average molecular weight is 242 g/mol. The second-order valence-corrected chi connectivity index (χ2v) is 4.46. The molecule has 0 amide bonds. The lowest BCUT2D eigenvalue weighted by atomic mass is 10.1. The minimum Gasteiger partial charge on any atom is -0.409 e. The van der Waals surface area contributed by atoms with E-state index in [1.54, 1.807) is 4.68 Å². The Morgan fingerprint density at radius 3 is 2.83 bits per heavy atom. The van der Waals surface area contributed by atoms with Crippen LogP contribution in [-0.4, -0.2) is 20.8 Å². The van der Waals surface area contributed by atoms with Crippen molar-refractivity contribution < 1.29 is 5.21 Å². The molecule has 1 heterocycles. The lowest BCUT2D eigenvalue weighted by Crippen LogP contribution is -2.16. The molecule has 0 saturated heterocycles. The number of aromatic nitrogens is 2. The minimum atomic E-state index is 0.0917. The number of benzene rings is 1. The first-order chi connectivity index (χ1) is 8.79. The number of amidine groups is 1. The third-order valence-electron chi connectivity index (χ3n) is 3.14. The Balaban J connectivity index is 2.04. The molecule has 0 radical (unpaired) electrons. The summed E-state index contributed by atoms with van der Waals surface area (Å²) < 4.78 is 1.78. The molecule has 0 atom stereocenters. The fourth-order valence-electron chi connectivity index (χ4n) is 2.01. The third-order valence-corrected chi connectivity index (χ3v) is 3.14. The first kappa shape index (κ1) is 10.8. The van der Waals surface area contributed by atoms with Gasteiger partial charge >= 0.3 is 0 Å². The van der Waals surface area contributed by atoms with E-state index < -0.39 is 0 Å². The molecule has 0 spiro atoms. The molecule has 0 bridgehead atoms. The second-order valence-electron chi connectivity index (χ2n) is 4.46. The summed E-state index contributed by atoms with van der Waals surface area (Å²) in [6, 6.07) is 9.49. The van der Waals surface area contributed by atoms with Crippen LogP contribution in [0.4, 0.5) is 0 Å². The summed E-state index contributed by atoms with van der Waals surface area (Å²) in [6.45, 7) is 0. The number of nitrogens with two attached hydrogens (primary N) is 1. The van der Waals surface area contributed by atoms with Gasteiger partial charge in [-0.25, -0.2) is 4.68 Å². The smallest absolute Gasteiger partial charge is 0.172 e. The van der Waals surface area contributed by atoms with Crippen LogP contribution in [0.3, 0.4) is 0 Å². The van der Waals surface area contributed by atoms with Gasteiger partial charge in [0.15, 0.2) is 5.84 Å². The quantitative estimate of drug-likeness (QED) is 0.373. The number of rotatable bonds is 3. The van der Waals surface area contributed by atoms with Crippen molar-refractivity contribution in [3.05, 3.63) is 47.8 Å². The summed E-state index contributed by atoms with van der Waals surface area (Å²) >= 11 is 0. The van der Waals surface area contributed by atoms with Crippen molar-refractivity contribution >= 4 is 5.84 Å². The molecule has 3 N–H and O–H groups in total. The summed E-state index contributed by atoms with van der Waals surface area (Å²) in [5.74, 6) is 0.705. The van der Waals surface area contributed by atoms with Gasteiger partial charge < -0.3 is 10.9 Å². The van der Waals surface area contributed by atoms with Crippen LogP contribution in [0.1, 0.15) is 30.0 Å². The van der Waals surface area contributed by atoms with Gasteiger partial charge in [0, 0.05) is 17.7 Å². The monoisotopic (exact) mass is 242 g/mol. The Hall–Kier alpha value is -2.30. The molecule has 2 aromatic rings. The van der Waals surface area contributed by atoms with Gasteiger partial charge in [0.2, 0.25) is 0 Å². The first-order valence-corrected chi connectivity index (χ1v) is 5.92. The van der Waals surface area contributed by atoms with Crippen molar-refractivity contribution in [3.8, 4) is 5.69 Å². The van der Waals surface area contributed by atoms with Gasteiger partial charge in [0.25, 0.3) is 0 Å². The number of oxime groups is 1. The van der Waals surface area contributed by atoms with E-state index in [0.717, 1.165) is 11.4 Å². The van der Waals surface area contributed by atoms with Crippen LogP contribution in [-0.2, 0) is 0 Å². The van der Waals surface area contributed by atoms with E-state index in [0.29, 0.717) is 11.5 Å². The predicted molar refractivity (Wildman–Crippen MR) is 68.0 cm³/mol. The van der Waals surface area contributed by atoms with E-state index in [-0.39, 0.29) is 5.84 Å². The zero-order valence-electron chi connectivity index (χ0n) is 9.82. The van der Waals surface area contributed by atoms with Gasteiger partial charge in [-0.3, -0.25) is 0 Å². The van der Waals surface area contributed by atoms with E-state index in [9.17, 15) is 0 Å². The molecule has 1 aromatic carbocycles. The fraction of sp³-hybridized carbons (Fsp3) is 0.231. The molecule has 0 unspecified atom stereocenters. The number of hydrogen-bond acceptors (Lipinski definition) is 3. The number of hydrogen-bond donors (Lipinski definition) is 2. The minimum absolute atomic E-state index is 0.0917. The molecule has 5 heteroatoms. The fourth-order valence-corrected chi connectivity index (χ4v) is 2.01. The van der Waals surface area contributed by atoms with Gasteiger partial charge in [-0.05, 0) is 31.0 Å². The molecule has 92 valence electrons.